The second kappa shape index (κ2) is 35.1. The number of nitrogens with zero attached hydrogens (tertiary/aromatic N) is 18. The molecule has 41 nitrogen and oxygen atoms in total. The summed E-state index contributed by atoms with van der Waals surface area (Å²) >= 11 is 0. The highest BCUT2D eigenvalue weighted by Crippen LogP contribution is 2.12. The summed E-state index contributed by atoms with van der Waals surface area (Å²) in [7, 11) is 0. The SMILES string of the molecule is Cc1nc(NCCO)nc(NCCNc2nc(NCCO)nc(NCCN=c3[nH]c(NCCN=c4[nH]c(=NCCO)[nH]c(=NCCNc5nc(NCCO)nc(NCCNc6nc(N)nc(NCCO)n6)n5)[nH]4)nc(=NCCO)[nH]3)n2)n1. The van der Waals surface area contributed by atoms with Crippen LogP contribution in [-0.4, -0.2) is 265 Å². The molecule has 0 aliphatic heterocycles. The van der Waals surface area contributed by atoms with Crippen molar-refractivity contribution in [3.63, 3.8) is 0 Å². The summed E-state index contributed by atoms with van der Waals surface area (Å²) in [4.78, 5) is 93.7. The highest BCUT2D eigenvalue weighted by atomic mass is 16.3. The van der Waals surface area contributed by atoms with E-state index in [4.69, 9.17) is 15.9 Å². The van der Waals surface area contributed by atoms with Crippen LogP contribution in [0.4, 0.5) is 71.4 Å². The second-order valence-corrected chi connectivity index (χ2v) is 16.2. The molecule has 0 aromatic carbocycles. The van der Waals surface area contributed by atoms with Crippen molar-refractivity contribution >= 4 is 71.4 Å². The van der Waals surface area contributed by atoms with Gasteiger partial charge in [-0.25, -0.2) is 4.99 Å². The van der Waals surface area contributed by atoms with Crippen molar-refractivity contribution in [2.75, 3.05) is 209 Å². The predicted octanol–water partition coefficient (Wildman–Crippen LogP) is -8.16. The van der Waals surface area contributed by atoms with Gasteiger partial charge in [-0.1, -0.05) is 0 Å². The number of rotatable bonds is 38. The standard InChI is InChI=1S/C41H71N35O6/c1-24-59-26(63-27(60-24)53-12-18-77)43-2-4-45-30-65-32(71-38(69-30)55-14-20-79)47-6-8-49-34-67-36(75-40(73-34)57-16-22-81)51-10-11-52-37-68-35(74-41(76-37)58-17-23-82)50-9-7-48-33-66-31(70-39(72-33)56-15-21-80)46-5-3-44-28-61-25(42)62-29(64-28)54-13-19-78/h77-82H,2-23H2,1H3,(H2,43,53,59,60,63)(H4,42,44,54,61,62,64)(H3,45,47,55,65,69,71)(H3,46,48,56,66,70,72)(H3,49,51,57,67,73,75)(H3,50,52,58,68,74,76). The van der Waals surface area contributed by atoms with E-state index in [1.165, 1.54) is 0 Å². The molecule has 0 atom stereocenters. The van der Waals surface area contributed by atoms with Crippen LogP contribution in [-0.2, 0) is 0 Å². The lowest BCUT2D eigenvalue weighted by molar-refractivity contribution is 0.305. The molecule has 6 rings (SSSR count). The molecule has 41 heteroatoms. The third-order valence-electron chi connectivity index (χ3n) is 9.76. The van der Waals surface area contributed by atoms with Crippen molar-refractivity contribution in [3.8, 4) is 0 Å². The van der Waals surface area contributed by atoms with E-state index < -0.39 is 0 Å². The summed E-state index contributed by atoms with van der Waals surface area (Å²) in [6, 6.07) is 0. The van der Waals surface area contributed by atoms with Crippen molar-refractivity contribution in [1.82, 2.24) is 89.7 Å². The van der Waals surface area contributed by atoms with Gasteiger partial charge in [-0.15, -0.1) is 0 Å². The fourth-order valence-corrected chi connectivity index (χ4v) is 6.43. The van der Waals surface area contributed by atoms with E-state index in [1.807, 2.05) is 0 Å². The molecule has 0 radical (unpaired) electrons. The summed E-state index contributed by atoms with van der Waals surface area (Å²) < 4.78 is 0. The largest absolute Gasteiger partial charge is 0.395 e. The molecule has 0 saturated carbocycles. The van der Waals surface area contributed by atoms with E-state index >= 15 is 0 Å². The number of H-pyrrole nitrogens is 5. The lowest BCUT2D eigenvalue weighted by Gasteiger charge is -2.11. The van der Waals surface area contributed by atoms with Gasteiger partial charge in [0.05, 0.1) is 72.4 Å². The van der Waals surface area contributed by atoms with Crippen LogP contribution in [0, 0.1) is 6.92 Å². The van der Waals surface area contributed by atoms with Crippen LogP contribution in [0.25, 0.3) is 0 Å². The lowest BCUT2D eigenvalue weighted by Crippen LogP contribution is -2.38. The van der Waals surface area contributed by atoms with Gasteiger partial charge in [0.25, 0.3) is 0 Å². The Morgan fingerprint density at radius 2 is 0.598 bits per heavy atom. The third kappa shape index (κ3) is 23.0. The monoisotopic (exact) mass is 1150 g/mol. The predicted molar refractivity (Wildman–Crippen MR) is 299 cm³/mol. The van der Waals surface area contributed by atoms with Gasteiger partial charge in [-0.3, -0.25) is 44.9 Å². The Hall–Kier alpha value is -9.58. The molecule has 6 heterocycles. The van der Waals surface area contributed by atoms with E-state index in [1.54, 1.807) is 6.92 Å². The third-order valence-corrected chi connectivity index (χ3v) is 9.76. The number of aromatic nitrogens is 18. The van der Waals surface area contributed by atoms with Gasteiger partial charge in [-0.2, -0.15) is 64.8 Å². The number of aromatic amines is 5. The maximum Gasteiger partial charge on any atom is 0.229 e. The molecule has 82 heavy (non-hydrogen) atoms. The van der Waals surface area contributed by atoms with Crippen LogP contribution in [0.2, 0.25) is 0 Å². The molecule has 0 bridgehead atoms. The van der Waals surface area contributed by atoms with Gasteiger partial charge < -0.3 is 94.9 Å². The molecule has 446 valence electrons. The van der Waals surface area contributed by atoms with Gasteiger partial charge in [0.1, 0.15) is 5.82 Å². The van der Waals surface area contributed by atoms with Crippen LogP contribution in [0.1, 0.15) is 5.82 Å². The summed E-state index contributed by atoms with van der Waals surface area (Å²) in [6.45, 7) is 5.12. The molecule has 0 fully saturated rings. The Balaban J connectivity index is 1.04. The molecule has 0 aliphatic rings. The minimum absolute atomic E-state index is 0.00601. The summed E-state index contributed by atoms with van der Waals surface area (Å²) in [6.07, 6.45) is 0. The Bertz CT molecular complexity index is 3220. The van der Waals surface area contributed by atoms with Crippen molar-refractivity contribution in [2.24, 2.45) is 25.0 Å². The van der Waals surface area contributed by atoms with Crippen LogP contribution in [0.15, 0.2) is 25.0 Å². The zero-order valence-corrected chi connectivity index (χ0v) is 44.9. The van der Waals surface area contributed by atoms with Crippen LogP contribution in [0.3, 0.4) is 0 Å². The highest BCUT2D eigenvalue weighted by Gasteiger charge is 2.10. The molecule has 24 N–H and O–H groups in total. The number of aliphatic hydroxyl groups excluding tert-OH is 6. The number of aryl methyl sites for hydroxylation is 1. The Kier molecular flexibility index (Phi) is 26.4. The minimum atomic E-state index is -0.193. The molecule has 0 aliphatic carbocycles. The number of nitrogens with one attached hydrogen (secondary N) is 16. The van der Waals surface area contributed by atoms with E-state index in [9.17, 15) is 20.4 Å². The van der Waals surface area contributed by atoms with Crippen molar-refractivity contribution in [2.45, 2.75) is 6.92 Å². The van der Waals surface area contributed by atoms with Gasteiger partial charge in [-0.05, 0) is 6.92 Å². The maximum atomic E-state index is 9.46. The number of aliphatic hydroxyl groups is 6. The molecule has 6 aromatic heterocycles. The first kappa shape index (κ1) is 61.6. The zero-order valence-electron chi connectivity index (χ0n) is 44.9. The van der Waals surface area contributed by atoms with Crippen LogP contribution >= 0.6 is 0 Å². The van der Waals surface area contributed by atoms with Gasteiger partial charge in [0.15, 0.2) is 0 Å². The van der Waals surface area contributed by atoms with E-state index in [0.717, 1.165) is 0 Å². The number of nitrogen functional groups attached to an aromatic ring is 1. The molecule has 0 unspecified atom stereocenters. The highest BCUT2D eigenvalue weighted by molar-refractivity contribution is 5.44. The van der Waals surface area contributed by atoms with E-state index in [2.05, 4.69) is 173 Å². The van der Waals surface area contributed by atoms with Crippen LogP contribution in [0.5, 0.6) is 0 Å². The Morgan fingerprint density at radius 3 is 0.963 bits per heavy atom. The van der Waals surface area contributed by atoms with E-state index in [-0.39, 0.29) is 158 Å². The van der Waals surface area contributed by atoms with Gasteiger partial charge >= 0.3 is 0 Å². The van der Waals surface area contributed by atoms with Crippen molar-refractivity contribution in [1.29, 1.82) is 0 Å². The molecular weight excluding hydrogens is 1080 g/mol. The molecular formula is C41H71N35O6. The first-order chi connectivity index (χ1) is 40.1. The average molecular weight is 1150 g/mol. The summed E-state index contributed by atoms with van der Waals surface area (Å²) in [5.74, 6) is 3.44. The normalized spacial score (nSPS) is 12.4. The fraction of sp³-hybridized carbons (Fsp3) is 0.561. The Morgan fingerprint density at radius 1 is 0.305 bits per heavy atom. The first-order valence-corrected chi connectivity index (χ1v) is 25.8. The number of hydrogen-bond acceptors (Lipinski definition) is 36. The quantitative estimate of drug-likeness (QED) is 0.0160. The first-order valence-electron chi connectivity index (χ1n) is 25.8. The second-order valence-electron chi connectivity index (χ2n) is 16.2. The topological polar surface area (TPSA) is 588 Å². The molecule has 0 amide bonds. The average Bonchev–Trinajstić information content (AvgIpc) is 3.54. The summed E-state index contributed by atoms with van der Waals surface area (Å²) in [5.41, 5.74) is 7.29. The zero-order chi connectivity index (χ0) is 58.0. The number of hydrogen-bond donors (Lipinski definition) is 23. The number of anilines is 12. The van der Waals surface area contributed by atoms with Crippen molar-refractivity contribution in [3.05, 3.63) is 33.9 Å². The fourth-order valence-electron chi connectivity index (χ4n) is 6.43. The Labute approximate surface area is 465 Å². The molecule has 0 spiro atoms. The minimum Gasteiger partial charge on any atom is -0.395 e. The lowest BCUT2D eigenvalue weighted by atomic mass is 10.6. The molecule has 6 aromatic rings. The summed E-state index contributed by atoms with van der Waals surface area (Å²) in [5, 5.41) is 89.4. The van der Waals surface area contributed by atoms with Gasteiger partial charge in [0, 0.05) is 72.0 Å². The maximum absolute atomic E-state index is 9.46. The van der Waals surface area contributed by atoms with E-state index in [0.29, 0.717) is 92.0 Å². The smallest absolute Gasteiger partial charge is 0.229 e. The van der Waals surface area contributed by atoms with Crippen LogP contribution < -0.4 is 92.3 Å². The van der Waals surface area contributed by atoms with Crippen molar-refractivity contribution < 1.29 is 30.6 Å². The number of nitrogens with two attached hydrogens (primary N) is 1. The van der Waals surface area contributed by atoms with Gasteiger partial charge in [0.2, 0.25) is 99.5 Å². The molecule has 0 saturated heterocycles.